The molecule has 2 amide bonds. The fraction of sp³-hybridized carbons (Fsp3) is 0.312. The average Bonchev–Trinajstić information content (AvgIpc) is 2.52. The van der Waals surface area contributed by atoms with Gasteiger partial charge in [-0.15, -0.1) is 0 Å². The second kappa shape index (κ2) is 8.68. The van der Waals surface area contributed by atoms with Crippen molar-refractivity contribution >= 4 is 23.4 Å². The van der Waals surface area contributed by atoms with Crippen LogP contribution in [0.25, 0.3) is 0 Å². The summed E-state index contributed by atoms with van der Waals surface area (Å²) in [5.41, 5.74) is 5.91. The molecule has 8 nitrogen and oxygen atoms in total. The molecule has 0 aliphatic carbocycles. The lowest BCUT2D eigenvalue weighted by atomic mass is 10.3. The van der Waals surface area contributed by atoms with E-state index in [2.05, 4.69) is 25.5 Å². The van der Waals surface area contributed by atoms with Gasteiger partial charge in [0.15, 0.2) is 0 Å². The monoisotopic (exact) mass is 330 g/mol. The molecule has 24 heavy (non-hydrogen) atoms. The summed E-state index contributed by atoms with van der Waals surface area (Å²) in [5.74, 6) is 1.70. The van der Waals surface area contributed by atoms with Crippen LogP contribution in [0.3, 0.4) is 0 Å². The number of nitrogens with one attached hydrogen (secondary N) is 2. The van der Waals surface area contributed by atoms with E-state index in [1.54, 1.807) is 6.07 Å². The SMILES string of the molecule is CN(C)CCCOc1ccc(Nc2cc(NC(N)=O)ncn2)cc1. The number of anilines is 3. The predicted octanol–water partition coefficient (Wildman–Crippen LogP) is 2.04. The van der Waals surface area contributed by atoms with Crippen molar-refractivity contribution in [1.29, 1.82) is 0 Å². The number of hydrogen-bond acceptors (Lipinski definition) is 6. The van der Waals surface area contributed by atoms with Crippen molar-refractivity contribution < 1.29 is 9.53 Å². The van der Waals surface area contributed by atoms with Crippen molar-refractivity contribution in [3.05, 3.63) is 36.7 Å². The third-order valence-corrected chi connectivity index (χ3v) is 3.06. The number of rotatable bonds is 8. The summed E-state index contributed by atoms with van der Waals surface area (Å²) in [6, 6.07) is 8.49. The number of ether oxygens (including phenoxy) is 1. The molecule has 4 N–H and O–H groups in total. The number of carbonyl (C=O) groups is 1. The molecule has 0 unspecified atom stereocenters. The summed E-state index contributed by atoms with van der Waals surface area (Å²) in [5, 5.41) is 5.52. The zero-order valence-electron chi connectivity index (χ0n) is 13.8. The van der Waals surface area contributed by atoms with Gasteiger partial charge < -0.3 is 20.7 Å². The van der Waals surface area contributed by atoms with Crippen molar-refractivity contribution in [1.82, 2.24) is 14.9 Å². The minimum atomic E-state index is -0.671. The topological polar surface area (TPSA) is 105 Å². The van der Waals surface area contributed by atoms with Crippen LogP contribution in [-0.4, -0.2) is 48.1 Å². The van der Waals surface area contributed by atoms with Gasteiger partial charge in [-0.25, -0.2) is 14.8 Å². The summed E-state index contributed by atoms with van der Waals surface area (Å²) in [6.45, 7) is 1.67. The summed E-state index contributed by atoms with van der Waals surface area (Å²) < 4.78 is 5.68. The molecular formula is C16H22N6O2. The van der Waals surface area contributed by atoms with Crippen LogP contribution in [-0.2, 0) is 0 Å². The number of benzene rings is 1. The van der Waals surface area contributed by atoms with Gasteiger partial charge in [0, 0.05) is 18.3 Å². The summed E-state index contributed by atoms with van der Waals surface area (Å²) >= 11 is 0. The van der Waals surface area contributed by atoms with E-state index in [0.717, 1.165) is 24.4 Å². The van der Waals surface area contributed by atoms with Gasteiger partial charge >= 0.3 is 6.03 Å². The zero-order valence-corrected chi connectivity index (χ0v) is 13.8. The fourth-order valence-corrected chi connectivity index (χ4v) is 1.97. The van der Waals surface area contributed by atoms with E-state index >= 15 is 0 Å². The van der Waals surface area contributed by atoms with Crippen molar-refractivity contribution in [2.45, 2.75) is 6.42 Å². The van der Waals surface area contributed by atoms with Crippen molar-refractivity contribution in [2.24, 2.45) is 5.73 Å². The van der Waals surface area contributed by atoms with Crippen LogP contribution in [0.5, 0.6) is 5.75 Å². The highest BCUT2D eigenvalue weighted by Crippen LogP contribution is 2.20. The third kappa shape index (κ3) is 6.09. The molecule has 0 saturated carbocycles. The van der Waals surface area contributed by atoms with Gasteiger partial charge in [-0.05, 0) is 44.8 Å². The quantitative estimate of drug-likeness (QED) is 0.640. The Hall–Kier alpha value is -2.87. The molecule has 2 rings (SSSR count). The number of nitrogens with zero attached hydrogens (tertiary/aromatic N) is 3. The molecule has 128 valence electrons. The molecule has 0 saturated heterocycles. The second-order valence-electron chi connectivity index (χ2n) is 5.43. The van der Waals surface area contributed by atoms with Crippen LogP contribution < -0.4 is 21.1 Å². The number of aromatic nitrogens is 2. The van der Waals surface area contributed by atoms with Crippen LogP contribution in [0.2, 0.25) is 0 Å². The number of hydrogen-bond donors (Lipinski definition) is 3. The van der Waals surface area contributed by atoms with Gasteiger partial charge in [0.1, 0.15) is 23.7 Å². The van der Waals surface area contributed by atoms with E-state index in [9.17, 15) is 4.79 Å². The molecule has 0 aliphatic rings. The first-order valence-corrected chi connectivity index (χ1v) is 7.56. The Morgan fingerprint density at radius 3 is 2.58 bits per heavy atom. The van der Waals surface area contributed by atoms with Gasteiger partial charge in [0.2, 0.25) is 0 Å². The highest BCUT2D eigenvalue weighted by Gasteiger charge is 2.02. The smallest absolute Gasteiger partial charge is 0.317 e. The Labute approximate surface area is 141 Å². The standard InChI is InChI=1S/C16H22N6O2/c1-22(2)8-3-9-24-13-6-4-12(5-7-13)20-14-10-15(19-11-18-14)21-16(17)23/h4-7,10-11H,3,8-9H2,1-2H3,(H4,17,18,19,20,21,23). The lowest BCUT2D eigenvalue weighted by molar-refractivity contribution is 0.259. The predicted molar refractivity (Wildman–Crippen MR) is 93.6 cm³/mol. The van der Waals surface area contributed by atoms with E-state index in [0.29, 0.717) is 18.2 Å². The summed E-state index contributed by atoms with van der Waals surface area (Å²) in [6.07, 6.45) is 2.32. The van der Waals surface area contributed by atoms with Crippen LogP contribution in [0.4, 0.5) is 22.1 Å². The fourth-order valence-electron chi connectivity index (χ4n) is 1.97. The van der Waals surface area contributed by atoms with Crippen LogP contribution in [0.15, 0.2) is 36.7 Å². The Morgan fingerprint density at radius 2 is 1.92 bits per heavy atom. The molecule has 0 aliphatic heterocycles. The van der Waals surface area contributed by atoms with Crippen LogP contribution in [0, 0.1) is 0 Å². The molecule has 0 bridgehead atoms. The van der Waals surface area contributed by atoms with Gasteiger partial charge in [-0.1, -0.05) is 0 Å². The second-order valence-corrected chi connectivity index (χ2v) is 5.43. The Balaban J connectivity index is 1.88. The Morgan fingerprint density at radius 1 is 1.21 bits per heavy atom. The molecule has 1 aromatic heterocycles. The van der Waals surface area contributed by atoms with E-state index in [1.807, 2.05) is 38.4 Å². The van der Waals surface area contributed by atoms with Gasteiger partial charge in [0.05, 0.1) is 6.61 Å². The van der Waals surface area contributed by atoms with Gasteiger partial charge in [0.25, 0.3) is 0 Å². The van der Waals surface area contributed by atoms with Crippen LogP contribution >= 0.6 is 0 Å². The number of nitrogens with two attached hydrogens (primary N) is 1. The maximum absolute atomic E-state index is 10.8. The molecule has 2 aromatic rings. The van der Waals surface area contributed by atoms with Crippen molar-refractivity contribution in [3.63, 3.8) is 0 Å². The number of carbonyl (C=O) groups excluding carboxylic acids is 1. The molecule has 0 fully saturated rings. The molecular weight excluding hydrogens is 308 g/mol. The highest BCUT2D eigenvalue weighted by atomic mass is 16.5. The maximum atomic E-state index is 10.8. The van der Waals surface area contributed by atoms with E-state index < -0.39 is 6.03 Å². The van der Waals surface area contributed by atoms with Gasteiger partial charge in [-0.2, -0.15) is 0 Å². The van der Waals surface area contributed by atoms with Crippen molar-refractivity contribution in [2.75, 3.05) is 37.9 Å². The number of urea groups is 1. The molecule has 0 spiro atoms. The largest absolute Gasteiger partial charge is 0.494 e. The normalized spacial score (nSPS) is 10.5. The molecule has 0 radical (unpaired) electrons. The molecule has 0 atom stereocenters. The first kappa shape index (κ1) is 17.5. The van der Waals surface area contributed by atoms with Crippen molar-refractivity contribution in [3.8, 4) is 5.75 Å². The Bertz CT molecular complexity index is 660. The minimum Gasteiger partial charge on any atom is -0.494 e. The minimum absolute atomic E-state index is 0.334. The number of primary amides is 1. The third-order valence-electron chi connectivity index (χ3n) is 3.06. The van der Waals surface area contributed by atoms with Gasteiger partial charge in [-0.3, -0.25) is 5.32 Å². The Kier molecular flexibility index (Phi) is 6.32. The summed E-state index contributed by atoms with van der Waals surface area (Å²) in [4.78, 5) is 21.0. The van der Waals surface area contributed by atoms with Crippen LogP contribution in [0.1, 0.15) is 6.42 Å². The highest BCUT2D eigenvalue weighted by molar-refractivity contribution is 5.87. The van der Waals surface area contributed by atoms with E-state index in [-0.39, 0.29) is 0 Å². The number of amides is 2. The maximum Gasteiger partial charge on any atom is 0.317 e. The average molecular weight is 330 g/mol. The lowest BCUT2D eigenvalue weighted by Crippen LogP contribution is -2.20. The zero-order chi connectivity index (χ0) is 17.4. The van der Waals surface area contributed by atoms with E-state index in [1.165, 1.54) is 6.33 Å². The lowest BCUT2D eigenvalue weighted by Gasteiger charge is -2.11. The molecule has 1 heterocycles. The first-order chi connectivity index (χ1) is 11.5. The molecule has 8 heteroatoms. The summed E-state index contributed by atoms with van der Waals surface area (Å²) in [7, 11) is 4.08. The molecule has 1 aromatic carbocycles. The van der Waals surface area contributed by atoms with E-state index in [4.69, 9.17) is 10.5 Å². The first-order valence-electron chi connectivity index (χ1n) is 7.56.